The van der Waals surface area contributed by atoms with Crippen LogP contribution in [0.3, 0.4) is 0 Å². The number of carbonyl (C=O) groups excluding carboxylic acids is 2. The Labute approximate surface area is 138 Å². The van der Waals surface area contributed by atoms with Gasteiger partial charge in [-0.15, -0.1) is 0 Å². The highest BCUT2D eigenvalue weighted by Crippen LogP contribution is 2.20. The van der Waals surface area contributed by atoms with E-state index in [4.69, 9.17) is 4.52 Å². The van der Waals surface area contributed by atoms with Crippen LogP contribution in [0.2, 0.25) is 0 Å². The zero-order chi connectivity index (χ0) is 17.1. The van der Waals surface area contributed by atoms with Crippen LogP contribution in [-0.4, -0.2) is 35.0 Å². The smallest absolute Gasteiger partial charge is 0.231 e. The number of likely N-dealkylation sites (tertiary alicyclic amines) is 1. The van der Waals surface area contributed by atoms with E-state index in [1.807, 2.05) is 0 Å². The largest absolute Gasteiger partial charge is 0.360 e. The van der Waals surface area contributed by atoms with Gasteiger partial charge < -0.3 is 14.7 Å². The van der Waals surface area contributed by atoms with E-state index < -0.39 is 5.92 Å². The quantitative estimate of drug-likeness (QED) is 0.911. The molecule has 1 atom stereocenters. The number of rotatable bonds is 5. The topological polar surface area (TPSA) is 75.4 Å². The molecule has 0 saturated carbocycles. The highest BCUT2D eigenvalue weighted by molar-refractivity contribution is 5.96. The minimum atomic E-state index is -0.400. The van der Waals surface area contributed by atoms with E-state index in [0.717, 1.165) is 5.56 Å². The number of carbonyl (C=O) groups is 2. The average Bonchev–Trinajstić information content (AvgIpc) is 3.13. The van der Waals surface area contributed by atoms with E-state index in [0.29, 0.717) is 31.1 Å². The summed E-state index contributed by atoms with van der Waals surface area (Å²) < 4.78 is 17.8. The fourth-order valence-electron chi connectivity index (χ4n) is 2.73. The minimum absolute atomic E-state index is 0.0476. The van der Waals surface area contributed by atoms with E-state index in [2.05, 4.69) is 10.5 Å². The first-order valence-corrected chi connectivity index (χ1v) is 7.77. The lowest BCUT2D eigenvalue weighted by atomic mass is 10.1. The van der Waals surface area contributed by atoms with Gasteiger partial charge in [-0.05, 0) is 31.0 Å². The number of hydrogen-bond donors (Lipinski definition) is 1. The van der Waals surface area contributed by atoms with Gasteiger partial charge in [-0.2, -0.15) is 0 Å². The first-order valence-electron chi connectivity index (χ1n) is 7.77. The normalized spacial score (nSPS) is 17.3. The second-order valence-electron chi connectivity index (χ2n) is 5.93. The third-order valence-electron chi connectivity index (χ3n) is 4.05. The first kappa shape index (κ1) is 16.2. The molecule has 0 bridgehead atoms. The molecule has 1 aliphatic heterocycles. The van der Waals surface area contributed by atoms with Crippen molar-refractivity contribution in [3.8, 4) is 0 Å². The molecule has 0 unspecified atom stereocenters. The molecule has 1 aromatic carbocycles. The summed E-state index contributed by atoms with van der Waals surface area (Å²) in [7, 11) is 0. The average molecular weight is 331 g/mol. The summed E-state index contributed by atoms with van der Waals surface area (Å²) in [5.74, 6) is -0.00323. The van der Waals surface area contributed by atoms with Crippen LogP contribution in [0.25, 0.3) is 0 Å². The van der Waals surface area contributed by atoms with Gasteiger partial charge in [-0.25, -0.2) is 4.39 Å². The number of aromatic nitrogens is 1. The summed E-state index contributed by atoms with van der Waals surface area (Å²) in [6.07, 6.45) is 0.814. The summed E-state index contributed by atoms with van der Waals surface area (Å²) in [6.45, 7) is 2.62. The molecule has 1 N–H and O–H groups in total. The molecule has 0 aliphatic carbocycles. The molecule has 126 valence electrons. The molecule has 6 nitrogen and oxygen atoms in total. The van der Waals surface area contributed by atoms with Crippen molar-refractivity contribution < 1.29 is 18.5 Å². The molecule has 0 spiro atoms. The molecule has 1 fully saturated rings. The summed E-state index contributed by atoms with van der Waals surface area (Å²) in [5, 5.41) is 6.37. The van der Waals surface area contributed by atoms with Crippen LogP contribution in [0.15, 0.2) is 34.9 Å². The summed E-state index contributed by atoms with van der Waals surface area (Å²) in [4.78, 5) is 26.0. The molecule has 3 rings (SSSR count). The van der Waals surface area contributed by atoms with Crippen molar-refractivity contribution in [2.24, 2.45) is 5.92 Å². The highest BCUT2D eigenvalue weighted by atomic mass is 19.1. The number of hydrogen-bond acceptors (Lipinski definition) is 4. The Morgan fingerprint density at radius 1 is 1.42 bits per heavy atom. The fraction of sp³-hybridized carbons (Fsp3) is 0.353. The second-order valence-corrected chi connectivity index (χ2v) is 5.93. The predicted octanol–water partition coefficient (Wildman–Crippen LogP) is 2.15. The number of anilines is 1. The van der Waals surface area contributed by atoms with E-state index >= 15 is 0 Å². The van der Waals surface area contributed by atoms with Crippen LogP contribution < -0.4 is 5.32 Å². The number of amides is 2. The van der Waals surface area contributed by atoms with Gasteiger partial charge in [0.2, 0.25) is 11.8 Å². The lowest BCUT2D eigenvalue weighted by Crippen LogP contribution is -2.30. The van der Waals surface area contributed by atoms with Gasteiger partial charge in [0, 0.05) is 25.6 Å². The van der Waals surface area contributed by atoms with Crippen LogP contribution in [-0.2, 0) is 16.0 Å². The second kappa shape index (κ2) is 6.82. The number of benzene rings is 1. The molecule has 0 radical (unpaired) electrons. The molecule has 1 aliphatic rings. The standard InChI is InChI=1S/C17H18FN3O3/c1-11-8-15(20-24-11)19-17(23)13-9-16(22)21(10-13)7-6-12-2-4-14(18)5-3-12/h2-5,8,13H,6-7,9-10H2,1H3,(H,19,20,23)/t13-/m0/s1. The van der Waals surface area contributed by atoms with Gasteiger partial charge in [-0.1, -0.05) is 17.3 Å². The molecule has 7 heteroatoms. The predicted molar refractivity (Wildman–Crippen MR) is 84.7 cm³/mol. The molecule has 1 aromatic heterocycles. The zero-order valence-corrected chi connectivity index (χ0v) is 13.3. The zero-order valence-electron chi connectivity index (χ0n) is 13.3. The molecule has 2 heterocycles. The number of aryl methyl sites for hydroxylation is 1. The lowest BCUT2D eigenvalue weighted by Gasteiger charge is -2.16. The Hall–Kier alpha value is -2.70. The van der Waals surface area contributed by atoms with Gasteiger partial charge in [0.05, 0.1) is 5.92 Å². The molecule has 2 aromatic rings. The van der Waals surface area contributed by atoms with Crippen LogP contribution in [0.5, 0.6) is 0 Å². The molecular formula is C17H18FN3O3. The number of nitrogens with one attached hydrogen (secondary N) is 1. The van der Waals surface area contributed by atoms with Crippen molar-refractivity contribution in [3.05, 3.63) is 47.5 Å². The summed E-state index contributed by atoms with van der Waals surface area (Å²) in [6, 6.07) is 7.83. The van der Waals surface area contributed by atoms with Crippen molar-refractivity contribution in [3.63, 3.8) is 0 Å². The number of nitrogens with zero attached hydrogens (tertiary/aromatic N) is 2. The van der Waals surface area contributed by atoms with Gasteiger partial charge in [0.15, 0.2) is 5.82 Å². The lowest BCUT2D eigenvalue weighted by molar-refractivity contribution is -0.128. The third kappa shape index (κ3) is 3.79. The van der Waals surface area contributed by atoms with Crippen LogP contribution in [0.4, 0.5) is 10.2 Å². The summed E-state index contributed by atoms with van der Waals surface area (Å²) in [5.41, 5.74) is 0.954. The van der Waals surface area contributed by atoms with Crippen molar-refractivity contribution >= 4 is 17.6 Å². The molecule has 24 heavy (non-hydrogen) atoms. The maximum Gasteiger partial charge on any atom is 0.231 e. The van der Waals surface area contributed by atoms with E-state index in [1.54, 1.807) is 30.0 Å². The van der Waals surface area contributed by atoms with Gasteiger partial charge in [0.1, 0.15) is 11.6 Å². The van der Waals surface area contributed by atoms with Crippen LogP contribution >= 0.6 is 0 Å². The van der Waals surface area contributed by atoms with Crippen molar-refractivity contribution in [2.45, 2.75) is 19.8 Å². The SMILES string of the molecule is Cc1cc(NC(=O)[C@H]2CC(=O)N(CCc3ccc(F)cc3)C2)no1. The van der Waals surface area contributed by atoms with E-state index in [1.165, 1.54) is 12.1 Å². The van der Waals surface area contributed by atoms with Gasteiger partial charge in [-0.3, -0.25) is 9.59 Å². The first-order chi connectivity index (χ1) is 11.5. The Morgan fingerprint density at radius 2 is 2.17 bits per heavy atom. The van der Waals surface area contributed by atoms with E-state index in [9.17, 15) is 14.0 Å². The third-order valence-corrected chi connectivity index (χ3v) is 4.05. The molecular weight excluding hydrogens is 313 g/mol. The number of halogens is 1. The van der Waals surface area contributed by atoms with Crippen LogP contribution in [0.1, 0.15) is 17.7 Å². The van der Waals surface area contributed by atoms with Crippen molar-refractivity contribution in [1.29, 1.82) is 0 Å². The maximum atomic E-state index is 12.9. The van der Waals surface area contributed by atoms with Crippen molar-refractivity contribution in [1.82, 2.24) is 10.1 Å². The van der Waals surface area contributed by atoms with Crippen LogP contribution in [0, 0.1) is 18.7 Å². The van der Waals surface area contributed by atoms with Gasteiger partial charge >= 0.3 is 0 Å². The Kier molecular flexibility index (Phi) is 4.59. The summed E-state index contributed by atoms with van der Waals surface area (Å²) >= 11 is 0. The molecule has 1 saturated heterocycles. The Bertz CT molecular complexity index is 742. The Morgan fingerprint density at radius 3 is 2.83 bits per heavy atom. The van der Waals surface area contributed by atoms with Gasteiger partial charge in [0.25, 0.3) is 0 Å². The van der Waals surface area contributed by atoms with Crippen molar-refractivity contribution in [2.75, 3.05) is 18.4 Å². The molecule has 2 amide bonds. The van der Waals surface area contributed by atoms with E-state index in [-0.39, 0.29) is 24.1 Å². The monoisotopic (exact) mass is 331 g/mol. The Balaban J connectivity index is 1.53. The minimum Gasteiger partial charge on any atom is -0.360 e. The maximum absolute atomic E-state index is 12.9. The fourth-order valence-corrected chi connectivity index (χ4v) is 2.73. The highest BCUT2D eigenvalue weighted by Gasteiger charge is 2.34.